The number of nitrogens with one attached hydrogen (secondary N) is 2. The first-order chi connectivity index (χ1) is 8.95. The Morgan fingerprint density at radius 1 is 1.37 bits per heavy atom. The Morgan fingerprint density at radius 2 is 2.05 bits per heavy atom. The van der Waals surface area contributed by atoms with Gasteiger partial charge in [-0.05, 0) is 12.1 Å². The molecule has 0 spiro atoms. The molecule has 0 aliphatic heterocycles. The van der Waals surface area contributed by atoms with E-state index in [0.29, 0.717) is 15.7 Å². The van der Waals surface area contributed by atoms with Crippen LogP contribution >= 0.6 is 23.2 Å². The lowest BCUT2D eigenvalue weighted by atomic mass is 10.2. The third-order valence-corrected chi connectivity index (χ3v) is 3.13. The van der Waals surface area contributed by atoms with Crippen molar-refractivity contribution in [1.29, 1.82) is 0 Å². The van der Waals surface area contributed by atoms with Gasteiger partial charge in [0.25, 0.3) is 0 Å². The monoisotopic (exact) mass is 304 g/mol. The van der Waals surface area contributed by atoms with Crippen LogP contribution in [0, 0.1) is 0 Å². The zero-order valence-corrected chi connectivity index (χ0v) is 12.0. The van der Waals surface area contributed by atoms with Gasteiger partial charge < -0.3 is 15.4 Å². The van der Waals surface area contributed by atoms with Crippen molar-refractivity contribution in [1.82, 2.24) is 5.32 Å². The van der Waals surface area contributed by atoms with Crippen LogP contribution in [0.2, 0.25) is 10.0 Å². The SMILES string of the molecule is COC(=O)C(CNc1cccc(Cl)c1Cl)NC(C)=O. The molecule has 0 aliphatic carbocycles. The maximum Gasteiger partial charge on any atom is 0.330 e. The summed E-state index contributed by atoms with van der Waals surface area (Å²) in [5, 5.41) is 6.19. The number of carbonyl (C=O) groups is 2. The van der Waals surface area contributed by atoms with Gasteiger partial charge in [0, 0.05) is 13.5 Å². The molecule has 1 unspecified atom stereocenters. The molecular formula is C12H14Cl2N2O3. The molecule has 0 fully saturated rings. The van der Waals surface area contributed by atoms with Crippen molar-refractivity contribution in [3.8, 4) is 0 Å². The first kappa shape index (κ1) is 15.6. The Hall–Kier alpha value is -1.46. The molecule has 5 nitrogen and oxygen atoms in total. The topological polar surface area (TPSA) is 67.4 Å². The van der Waals surface area contributed by atoms with E-state index in [1.165, 1.54) is 14.0 Å². The predicted molar refractivity (Wildman–Crippen MR) is 74.6 cm³/mol. The molecule has 0 saturated heterocycles. The van der Waals surface area contributed by atoms with E-state index in [2.05, 4.69) is 15.4 Å². The van der Waals surface area contributed by atoms with Crippen LogP contribution in [0.3, 0.4) is 0 Å². The second-order valence-electron chi connectivity index (χ2n) is 3.76. The van der Waals surface area contributed by atoms with E-state index < -0.39 is 12.0 Å². The second kappa shape index (κ2) is 7.21. The molecule has 1 amide bonds. The zero-order chi connectivity index (χ0) is 14.4. The van der Waals surface area contributed by atoms with E-state index in [9.17, 15) is 9.59 Å². The van der Waals surface area contributed by atoms with Gasteiger partial charge in [0.05, 0.1) is 22.8 Å². The number of amides is 1. The van der Waals surface area contributed by atoms with E-state index in [4.69, 9.17) is 23.2 Å². The van der Waals surface area contributed by atoms with E-state index in [0.717, 1.165) is 0 Å². The number of carbonyl (C=O) groups excluding carboxylic acids is 2. The first-order valence-corrected chi connectivity index (χ1v) is 6.24. The molecule has 0 saturated carbocycles. The number of rotatable bonds is 5. The number of hydrogen-bond donors (Lipinski definition) is 2. The summed E-state index contributed by atoms with van der Waals surface area (Å²) in [5.74, 6) is -0.866. The fourth-order valence-electron chi connectivity index (χ4n) is 1.43. The zero-order valence-electron chi connectivity index (χ0n) is 10.5. The number of ether oxygens (including phenoxy) is 1. The summed E-state index contributed by atoms with van der Waals surface area (Å²) < 4.78 is 4.60. The van der Waals surface area contributed by atoms with Crippen LogP contribution in [-0.4, -0.2) is 31.6 Å². The third kappa shape index (κ3) is 4.61. The van der Waals surface area contributed by atoms with Crippen LogP contribution < -0.4 is 10.6 Å². The molecule has 7 heteroatoms. The van der Waals surface area contributed by atoms with Gasteiger partial charge in [0.2, 0.25) is 5.91 Å². The Morgan fingerprint density at radius 3 is 2.63 bits per heavy atom. The highest BCUT2D eigenvalue weighted by Gasteiger charge is 2.20. The van der Waals surface area contributed by atoms with Crippen LogP contribution in [-0.2, 0) is 14.3 Å². The van der Waals surface area contributed by atoms with Crippen LogP contribution in [0.25, 0.3) is 0 Å². The maximum atomic E-state index is 11.5. The predicted octanol–water partition coefficient (Wildman–Crippen LogP) is 2.08. The first-order valence-electron chi connectivity index (χ1n) is 5.48. The van der Waals surface area contributed by atoms with Gasteiger partial charge in [-0.2, -0.15) is 0 Å². The highest BCUT2D eigenvalue weighted by molar-refractivity contribution is 6.43. The highest BCUT2D eigenvalue weighted by Crippen LogP contribution is 2.29. The van der Waals surface area contributed by atoms with Crippen molar-refractivity contribution in [2.75, 3.05) is 19.0 Å². The van der Waals surface area contributed by atoms with Crippen LogP contribution in [0.5, 0.6) is 0 Å². The molecule has 1 rings (SSSR count). The average molecular weight is 305 g/mol. The van der Waals surface area contributed by atoms with Gasteiger partial charge in [0.15, 0.2) is 0 Å². The Labute approximate surface area is 121 Å². The molecule has 0 heterocycles. The maximum absolute atomic E-state index is 11.5. The number of anilines is 1. The van der Waals surface area contributed by atoms with Crippen molar-refractivity contribution in [3.05, 3.63) is 28.2 Å². The van der Waals surface area contributed by atoms with Crippen molar-refractivity contribution in [2.45, 2.75) is 13.0 Å². The van der Waals surface area contributed by atoms with Crippen molar-refractivity contribution >= 4 is 40.8 Å². The molecule has 2 N–H and O–H groups in total. The van der Waals surface area contributed by atoms with Gasteiger partial charge in [-0.1, -0.05) is 29.3 Å². The van der Waals surface area contributed by atoms with E-state index in [-0.39, 0.29) is 12.5 Å². The third-order valence-electron chi connectivity index (χ3n) is 2.31. The van der Waals surface area contributed by atoms with Crippen molar-refractivity contribution in [3.63, 3.8) is 0 Å². The lowest BCUT2D eigenvalue weighted by Crippen LogP contribution is -2.45. The van der Waals surface area contributed by atoms with Gasteiger partial charge in [-0.15, -0.1) is 0 Å². The molecule has 0 aromatic heterocycles. The smallest absolute Gasteiger partial charge is 0.330 e. The van der Waals surface area contributed by atoms with Gasteiger partial charge in [0.1, 0.15) is 6.04 Å². The average Bonchev–Trinajstić information content (AvgIpc) is 2.37. The second-order valence-corrected chi connectivity index (χ2v) is 4.54. The quantitative estimate of drug-likeness (QED) is 0.817. The standard InChI is InChI=1S/C12H14Cl2N2O3/c1-7(17)16-10(12(18)19-2)6-15-9-5-3-4-8(13)11(9)14/h3-5,10,15H,6H2,1-2H3,(H,16,17). The fraction of sp³-hybridized carbons (Fsp3) is 0.333. The molecule has 0 aliphatic rings. The molecule has 1 aromatic rings. The van der Waals surface area contributed by atoms with Gasteiger partial charge >= 0.3 is 5.97 Å². The van der Waals surface area contributed by atoms with E-state index in [1.807, 2.05) is 0 Å². The molecule has 1 atom stereocenters. The minimum atomic E-state index is -0.794. The van der Waals surface area contributed by atoms with Gasteiger partial charge in [-0.25, -0.2) is 4.79 Å². The van der Waals surface area contributed by atoms with Crippen molar-refractivity contribution < 1.29 is 14.3 Å². The summed E-state index contributed by atoms with van der Waals surface area (Å²) >= 11 is 11.9. The largest absolute Gasteiger partial charge is 0.467 e. The minimum Gasteiger partial charge on any atom is -0.467 e. The molecule has 0 bridgehead atoms. The number of halogens is 2. The van der Waals surface area contributed by atoms with Crippen molar-refractivity contribution in [2.24, 2.45) is 0 Å². The summed E-state index contributed by atoms with van der Waals surface area (Å²) in [6, 6.07) is 4.30. The molecule has 104 valence electrons. The van der Waals surface area contributed by atoms with E-state index in [1.54, 1.807) is 18.2 Å². The lowest BCUT2D eigenvalue weighted by molar-refractivity contribution is -0.144. The fourth-order valence-corrected chi connectivity index (χ4v) is 1.80. The van der Waals surface area contributed by atoms with Crippen LogP contribution in [0.4, 0.5) is 5.69 Å². The summed E-state index contributed by atoms with van der Waals surface area (Å²) in [5.41, 5.74) is 0.577. The molecule has 1 aromatic carbocycles. The van der Waals surface area contributed by atoms with Crippen LogP contribution in [0.1, 0.15) is 6.92 Å². The highest BCUT2D eigenvalue weighted by atomic mass is 35.5. The number of esters is 1. The Bertz CT molecular complexity index is 480. The molecule has 19 heavy (non-hydrogen) atoms. The molecular weight excluding hydrogens is 291 g/mol. The number of hydrogen-bond acceptors (Lipinski definition) is 4. The summed E-state index contributed by atoms with van der Waals surface area (Å²) in [6.45, 7) is 1.47. The lowest BCUT2D eigenvalue weighted by Gasteiger charge is -2.17. The van der Waals surface area contributed by atoms with E-state index >= 15 is 0 Å². The van der Waals surface area contributed by atoms with Crippen LogP contribution in [0.15, 0.2) is 18.2 Å². The molecule has 0 radical (unpaired) electrons. The Balaban J connectivity index is 2.73. The summed E-state index contributed by atoms with van der Waals surface area (Å²) in [7, 11) is 1.25. The minimum absolute atomic E-state index is 0.145. The number of methoxy groups -OCH3 is 1. The summed E-state index contributed by atoms with van der Waals surface area (Å²) in [6.07, 6.45) is 0. The van der Waals surface area contributed by atoms with Gasteiger partial charge in [-0.3, -0.25) is 4.79 Å². The normalized spacial score (nSPS) is 11.6. The Kier molecular flexibility index (Phi) is 5.92. The summed E-state index contributed by atoms with van der Waals surface area (Å²) in [4.78, 5) is 22.5. The number of benzene rings is 1.